The molecule has 3 heterocycles. The van der Waals surface area contributed by atoms with Crippen LogP contribution in [0.5, 0.6) is 5.88 Å². The van der Waals surface area contributed by atoms with Crippen molar-refractivity contribution >= 4 is 0 Å². The molecule has 5 rings (SSSR count). The van der Waals surface area contributed by atoms with Gasteiger partial charge in [0.15, 0.2) is 0 Å². The van der Waals surface area contributed by atoms with Crippen molar-refractivity contribution in [2.24, 2.45) is 0 Å². The average molecular weight is 347 g/mol. The predicted octanol–water partition coefficient (Wildman–Crippen LogP) is 3.13. The fourth-order valence-corrected chi connectivity index (χ4v) is 3.21. The van der Waals surface area contributed by atoms with E-state index in [-0.39, 0.29) is 11.9 Å². The summed E-state index contributed by atoms with van der Waals surface area (Å²) in [5.41, 5.74) is 3.51. The van der Waals surface area contributed by atoms with Crippen LogP contribution in [0.2, 0.25) is 0 Å². The quantitative estimate of drug-likeness (QED) is 0.559. The topological polar surface area (TPSA) is 57.8 Å². The van der Waals surface area contributed by atoms with Gasteiger partial charge in [-0.2, -0.15) is 0 Å². The molecule has 4 aromatic rings. The van der Waals surface area contributed by atoms with E-state index in [2.05, 4.69) is 15.4 Å². The molecule has 0 saturated carbocycles. The Bertz CT molecular complexity index is 1060. The molecule has 0 N–H and O–H groups in total. The van der Waals surface area contributed by atoms with E-state index in [4.69, 9.17) is 4.74 Å². The van der Waals surface area contributed by atoms with Gasteiger partial charge in [-0.05, 0) is 29.8 Å². The van der Waals surface area contributed by atoms with Crippen LogP contribution in [0.15, 0.2) is 67.0 Å². The van der Waals surface area contributed by atoms with Crippen LogP contribution in [0.1, 0.15) is 22.9 Å². The number of aromatic nitrogens is 5. The molecule has 1 aliphatic heterocycles. The molecule has 2 aromatic heterocycles. The number of benzene rings is 2. The minimum Gasteiger partial charge on any atom is -0.470 e. The zero-order valence-corrected chi connectivity index (χ0v) is 13.7. The summed E-state index contributed by atoms with van der Waals surface area (Å²) >= 11 is 0. The molecule has 0 spiro atoms. The number of para-hydroxylation sites is 1. The molecule has 0 saturated heterocycles. The van der Waals surface area contributed by atoms with Gasteiger partial charge >= 0.3 is 0 Å². The van der Waals surface area contributed by atoms with Crippen molar-refractivity contribution in [2.45, 2.75) is 12.6 Å². The zero-order chi connectivity index (χ0) is 17.5. The number of nitrogens with zero attached hydrogens (tertiary/aromatic N) is 5. The summed E-state index contributed by atoms with van der Waals surface area (Å²) in [6.45, 7) is 0.323. The zero-order valence-electron chi connectivity index (χ0n) is 13.7. The first-order valence-corrected chi connectivity index (χ1v) is 8.22. The third kappa shape index (κ3) is 2.36. The lowest BCUT2D eigenvalue weighted by Gasteiger charge is -2.16. The summed E-state index contributed by atoms with van der Waals surface area (Å²) in [6.07, 6.45) is 3.60. The van der Waals surface area contributed by atoms with Crippen molar-refractivity contribution in [3.8, 4) is 11.6 Å². The van der Waals surface area contributed by atoms with Crippen molar-refractivity contribution in [1.82, 2.24) is 24.8 Å². The number of hydrogen-bond acceptors (Lipinski definition) is 4. The maximum absolute atomic E-state index is 13.4. The lowest BCUT2D eigenvalue weighted by atomic mass is 10.0. The van der Waals surface area contributed by atoms with Gasteiger partial charge in [0.25, 0.3) is 0 Å². The summed E-state index contributed by atoms with van der Waals surface area (Å²) in [6, 6.07) is 15.9. The molecule has 0 aliphatic carbocycles. The van der Waals surface area contributed by atoms with Crippen molar-refractivity contribution < 1.29 is 9.13 Å². The lowest BCUT2D eigenvalue weighted by molar-refractivity contribution is 0.287. The fraction of sp³-hybridized carbons (Fsp3) is 0.105. The van der Waals surface area contributed by atoms with E-state index in [1.807, 2.05) is 36.5 Å². The van der Waals surface area contributed by atoms with Gasteiger partial charge in [0.1, 0.15) is 18.5 Å². The molecule has 1 unspecified atom stereocenters. The average Bonchev–Trinajstić information content (AvgIpc) is 3.28. The Morgan fingerprint density at radius 1 is 1.04 bits per heavy atom. The second-order valence-electron chi connectivity index (χ2n) is 6.08. The molecule has 0 radical (unpaired) electrons. The Morgan fingerprint density at radius 2 is 1.85 bits per heavy atom. The minimum atomic E-state index is -0.289. The van der Waals surface area contributed by atoms with Crippen molar-refractivity contribution in [3.05, 3.63) is 89.6 Å². The molecule has 6 nitrogen and oxygen atoms in total. The number of halogens is 1. The monoisotopic (exact) mass is 347 g/mol. The van der Waals surface area contributed by atoms with Gasteiger partial charge in [0, 0.05) is 6.20 Å². The third-order valence-corrected chi connectivity index (χ3v) is 4.46. The van der Waals surface area contributed by atoms with Gasteiger partial charge < -0.3 is 4.74 Å². The van der Waals surface area contributed by atoms with Gasteiger partial charge in [0.05, 0.1) is 23.1 Å². The van der Waals surface area contributed by atoms with Crippen LogP contribution in [-0.2, 0) is 6.61 Å². The lowest BCUT2D eigenvalue weighted by Crippen LogP contribution is -2.15. The maximum atomic E-state index is 13.4. The molecule has 1 aliphatic rings. The van der Waals surface area contributed by atoms with E-state index in [1.54, 1.807) is 27.7 Å². The van der Waals surface area contributed by atoms with Gasteiger partial charge in [-0.1, -0.05) is 35.5 Å². The van der Waals surface area contributed by atoms with Crippen LogP contribution in [0, 0.1) is 5.82 Å². The summed E-state index contributed by atoms with van der Waals surface area (Å²) < 4.78 is 22.9. The highest BCUT2D eigenvalue weighted by molar-refractivity contribution is 5.42. The molecule has 128 valence electrons. The Hall–Kier alpha value is -3.48. The first-order chi connectivity index (χ1) is 12.8. The molecule has 2 aromatic carbocycles. The van der Waals surface area contributed by atoms with Gasteiger partial charge in [-0.3, -0.25) is 0 Å². The van der Waals surface area contributed by atoms with Crippen molar-refractivity contribution in [1.29, 1.82) is 0 Å². The molecule has 0 bridgehead atoms. The second kappa shape index (κ2) is 5.80. The fourth-order valence-electron chi connectivity index (χ4n) is 3.21. The molecule has 0 fully saturated rings. The van der Waals surface area contributed by atoms with Crippen LogP contribution in [0.3, 0.4) is 0 Å². The van der Waals surface area contributed by atoms with Crippen LogP contribution in [0.25, 0.3) is 5.69 Å². The standard InChI is InChI=1S/C19H14FN5O/c20-14-8-6-13(7-9-14)18-17-11-24(15-4-2-1-3-5-15)22-19(17)26-12-16-10-21-23-25(16)18/h1-11,18H,12H2. The van der Waals surface area contributed by atoms with Crippen LogP contribution < -0.4 is 4.74 Å². The van der Waals surface area contributed by atoms with Crippen LogP contribution >= 0.6 is 0 Å². The van der Waals surface area contributed by atoms with E-state index in [0.29, 0.717) is 12.5 Å². The Kier molecular flexibility index (Phi) is 3.31. The van der Waals surface area contributed by atoms with E-state index < -0.39 is 0 Å². The summed E-state index contributed by atoms with van der Waals surface area (Å²) in [4.78, 5) is 0. The van der Waals surface area contributed by atoms with E-state index in [0.717, 1.165) is 22.5 Å². The first-order valence-electron chi connectivity index (χ1n) is 8.22. The second-order valence-corrected chi connectivity index (χ2v) is 6.08. The van der Waals surface area contributed by atoms with Crippen LogP contribution in [-0.4, -0.2) is 24.8 Å². The minimum absolute atomic E-state index is 0.280. The first kappa shape index (κ1) is 14.8. The number of fused-ring (bicyclic) bond motifs is 2. The summed E-state index contributed by atoms with van der Waals surface area (Å²) in [7, 11) is 0. The van der Waals surface area contributed by atoms with E-state index >= 15 is 0 Å². The highest BCUT2D eigenvalue weighted by Crippen LogP contribution is 2.36. The van der Waals surface area contributed by atoms with Gasteiger partial charge in [-0.25, -0.2) is 13.8 Å². The highest BCUT2D eigenvalue weighted by atomic mass is 19.1. The summed E-state index contributed by atoms with van der Waals surface area (Å²) in [5.74, 6) is 0.256. The van der Waals surface area contributed by atoms with E-state index in [1.165, 1.54) is 12.1 Å². The molecule has 26 heavy (non-hydrogen) atoms. The molecular weight excluding hydrogens is 333 g/mol. The SMILES string of the molecule is Fc1ccc(C2c3cn(-c4ccccc4)nc3OCc3cnnn32)cc1. The van der Waals surface area contributed by atoms with Crippen LogP contribution in [0.4, 0.5) is 4.39 Å². The molecular formula is C19H14FN5O. The predicted molar refractivity (Wildman–Crippen MR) is 91.6 cm³/mol. The Labute approximate surface area is 148 Å². The summed E-state index contributed by atoms with van der Waals surface area (Å²) in [5, 5.41) is 12.8. The maximum Gasteiger partial charge on any atom is 0.239 e. The largest absolute Gasteiger partial charge is 0.470 e. The third-order valence-electron chi connectivity index (χ3n) is 4.46. The smallest absolute Gasteiger partial charge is 0.239 e. The van der Waals surface area contributed by atoms with Gasteiger partial charge in [-0.15, -0.1) is 10.2 Å². The Morgan fingerprint density at radius 3 is 2.65 bits per heavy atom. The number of rotatable bonds is 2. The molecule has 7 heteroatoms. The van der Waals surface area contributed by atoms with E-state index in [9.17, 15) is 4.39 Å². The molecule has 0 amide bonds. The van der Waals surface area contributed by atoms with Gasteiger partial charge in [0.2, 0.25) is 5.88 Å². The molecule has 1 atom stereocenters. The highest BCUT2D eigenvalue weighted by Gasteiger charge is 2.30. The number of hydrogen-bond donors (Lipinski definition) is 0. The Balaban J connectivity index is 1.69. The van der Waals surface area contributed by atoms with Crippen molar-refractivity contribution in [2.75, 3.05) is 0 Å². The van der Waals surface area contributed by atoms with Crippen molar-refractivity contribution in [3.63, 3.8) is 0 Å². The number of ether oxygens (including phenoxy) is 1. The normalized spacial score (nSPS) is 15.7.